The quantitative estimate of drug-likeness (QED) is 0.900. The van der Waals surface area contributed by atoms with Crippen molar-refractivity contribution in [1.29, 1.82) is 0 Å². The van der Waals surface area contributed by atoms with E-state index in [9.17, 15) is 9.90 Å². The fourth-order valence-corrected chi connectivity index (χ4v) is 3.41. The molecule has 6 heteroatoms. The first-order chi connectivity index (χ1) is 9.10. The van der Waals surface area contributed by atoms with Gasteiger partial charge in [0.1, 0.15) is 11.4 Å². The maximum atomic E-state index is 11.2. The molecule has 1 fully saturated rings. The molecule has 1 aliphatic carbocycles. The standard InChI is InChI=1S/C13H15N3O2S/c14-13(12(17)18)4-3-9(8-13)16-6-5-15-11(16)10-2-1-7-19-10/h1-2,5-7,9H,3-4,8,14H2,(H,17,18). The van der Waals surface area contributed by atoms with Crippen LogP contribution in [0, 0.1) is 0 Å². The van der Waals surface area contributed by atoms with E-state index in [2.05, 4.69) is 9.55 Å². The summed E-state index contributed by atoms with van der Waals surface area (Å²) in [7, 11) is 0. The van der Waals surface area contributed by atoms with Gasteiger partial charge in [-0.2, -0.15) is 0 Å². The van der Waals surface area contributed by atoms with Gasteiger partial charge in [0.25, 0.3) is 0 Å². The number of thiophene rings is 1. The van der Waals surface area contributed by atoms with Crippen molar-refractivity contribution in [2.75, 3.05) is 0 Å². The SMILES string of the molecule is NC1(C(=O)O)CCC(n2ccnc2-c2cccs2)C1. The van der Waals surface area contributed by atoms with Gasteiger partial charge in [0.05, 0.1) is 4.88 Å². The van der Waals surface area contributed by atoms with Crippen LogP contribution in [0.15, 0.2) is 29.9 Å². The Kier molecular flexibility index (Phi) is 2.91. The average Bonchev–Trinajstić information content (AvgIpc) is 3.08. The van der Waals surface area contributed by atoms with Gasteiger partial charge in [-0.25, -0.2) is 4.98 Å². The number of hydrogen-bond donors (Lipinski definition) is 2. The maximum Gasteiger partial charge on any atom is 0.323 e. The lowest BCUT2D eigenvalue weighted by atomic mass is 9.99. The van der Waals surface area contributed by atoms with Gasteiger partial charge in [-0.05, 0) is 30.7 Å². The van der Waals surface area contributed by atoms with E-state index in [1.807, 2.05) is 23.7 Å². The molecular formula is C13H15N3O2S. The summed E-state index contributed by atoms with van der Waals surface area (Å²) in [6.45, 7) is 0. The Hall–Kier alpha value is -1.66. The predicted molar refractivity (Wildman–Crippen MR) is 73.0 cm³/mol. The van der Waals surface area contributed by atoms with Crippen molar-refractivity contribution in [1.82, 2.24) is 9.55 Å². The number of carboxylic acids is 1. The van der Waals surface area contributed by atoms with Crippen LogP contribution in [0.4, 0.5) is 0 Å². The summed E-state index contributed by atoms with van der Waals surface area (Å²) < 4.78 is 2.06. The molecule has 2 aromatic rings. The monoisotopic (exact) mass is 277 g/mol. The molecule has 2 unspecified atom stereocenters. The number of aromatic nitrogens is 2. The topological polar surface area (TPSA) is 81.1 Å². The summed E-state index contributed by atoms with van der Waals surface area (Å²) in [4.78, 5) is 16.7. The zero-order valence-electron chi connectivity index (χ0n) is 10.3. The molecule has 0 spiro atoms. The first-order valence-electron chi connectivity index (χ1n) is 6.19. The Morgan fingerprint density at radius 3 is 3.11 bits per heavy atom. The van der Waals surface area contributed by atoms with E-state index in [4.69, 9.17) is 5.73 Å². The first kappa shape index (κ1) is 12.4. The van der Waals surface area contributed by atoms with Gasteiger partial charge in [-0.3, -0.25) is 4.79 Å². The summed E-state index contributed by atoms with van der Waals surface area (Å²) in [6, 6.07) is 4.12. The van der Waals surface area contributed by atoms with E-state index >= 15 is 0 Å². The molecule has 0 bridgehead atoms. The lowest BCUT2D eigenvalue weighted by Crippen LogP contribution is -2.45. The second kappa shape index (κ2) is 4.47. The zero-order valence-corrected chi connectivity index (χ0v) is 11.1. The number of hydrogen-bond acceptors (Lipinski definition) is 4. The molecule has 100 valence electrons. The Labute approximate surface area is 114 Å². The fourth-order valence-electron chi connectivity index (χ4n) is 2.68. The minimum atomic E-state index is -1.10. The van der Waals surface area contributed by atoms with Crippen molar-refractivity contribution in [3.05, 3.63) is 29.9 Å². The van der Waals surface area contributed by atoms with Crippen molar-refractivity contribution >= 4 is 17.3 Å². The predicted octanol–water partition coefficient (Wildman–Crippen LogP) is 2.12. The third-order valence-electron chi connectivity index (χ3n) is 3.75. The normalized spacial score (nSPS) is 26.7. The third-order valence-corrected chi connectivity index (χ3v) is 4.62. The van der Waals surface area contributed by atoms with Gasteiger partial charge >= 0.3 is 5.97 Å². The van der Waals surface area contributed by atoms with E-state index < -0.39 is 11.5 Å². The molecular weight excluding hydrogens is 262 g/mol. The minimum absolute atomic E-state index is 0.112. The molecule has 1 saturated carbocycles. The summed E-state index contributed by atoms with van der Waals surface area (Å²) >= 11 is 1.63. The third kappa shape index (κ3) is 2.06. The lowest BCUT2D eigenvalue weighted by Gasteiger charge is -2.19. The van der Waals surface area contributed by atoms with E-state index in [0.717, 1.165) is 17.1 Å². The number of nitrogens with zero attached hydrogens (tertiary/aromatic N) is 2. The van der Waals surface area contributed by atoms with Crippen LogP contribution in [0.2, 0.25) is 0 Å². The molecule has 0 aromatic carbocycles. The second-order valence-electron chi connectivity index (χ2n) is 4.99. The van der Waals surface area contributed by atoms with Crippen LogP contribution in [0.5, 0.6) is 0 Å². The van der Waals surface area contributed by atoms with Gasteiger partial charge in [-0.1, -0.05) is 6.07 Å². The molecule has 2 heterocycles. The van der Waals surface area contributed by atoms with Crippen LogP contribution in [-0.2, 0) is 4.79 Å². The van der Waals surface area contributed by atoms with Crippen LogP contribution in [0.25, 0.3) is 10.7 Å². The molecule has 3 N–H and O–H groups in total. The number of imidazole rings is 1. The van der Waals surface area contributed by atoms with Gasteiger partial charge in [0.2, 0.25) is 0 Å². The van der Waals surface area contributed by atoms with E-state index in [1.165, 1.54) is 0 Å². The van der Waals surface area contributed by atoms with E-state index in [0.29, 0.717) is 12.8 Å². The van der Waals surface area contributed by atoms with Crippen LogP contribution >= 0.6 is 11.3 Å². The van der Waals surface area contributed by atoms with Crippen molar-refractivity contribution in [3.63, 3.8) is 0 Å². The van der Waals surface area contributed by atoms with Crippen LogP contribution in [0.1, 0.15) is 25.3 Å². The van der Waals surface area contributed by atoms with Crippen LogP contribution in [-0.4, -0.2) is 26.2 Å². The largest absolute Gasteiger partial charge is 0.480 e. The number of nitrogens with two attached hydrogens (primary N) is 1. The Morgan fingerprint density at radius 2 is 2.47 bits per heavy atom. The number of rotatable bonds is 3. The maximum absolute atomic E-state index is 11.2. The molecule has 0 radical (unpaired) electrons. The summed E-state index contributed by atoms with van der Waals surface area (Å²) in [5.41, 5.74) is 4.84. The Morgan fingerprint density at radius 1 is 1.63 bits per heavy atom. The average molecular weight is 277 g/mol. The van der Waals surface area contributed by atoms with Crippen molar-refractivity contribution in [2.24, 2.45) is 5.73 Å². The van der Waals surface area contributed by atoms with E-state index in [-0.39, 0.29) is 6.04 Å². The van der Waals surface area contributed by atoms with Crippen LogP contribution < -0.4 is 5.73 Å². The lowest BCUT2D eigenvalue weighted by molar-refractivity contribution is -0.143. The summed E-state index contributed by atoms with van der Waals surface area (Å²) in [5, 5.41) is 11.2. The molecule has 5 nitrogen and oxygen atoms in total. The van der Waals surface area contributed by atoms with Crippen molar-refractivity contribution in [2.45, 2.75) is 30.8 Å². The Bertz CT molecular complexity index is 593. The minimum Gasteiger partial charge on any atom is -0.480 e. The highest BCUT2D eigenvalue weighted by atomic mass is 32.1. The first-order valence-corrected chi connectivity index (χ1v) is 7.07. The molecule has 2 aromatic heterocycles. The van der Waals surface area contributed by atoms with Gasteiger partial charge in [-0.15, -0.1) is 11.3 Å². The van der Waals surface area contributed by atoms with Crippen LogP contribution in [0.3, 0.4) is 0 Å². The highest BCUT2D eigenvalue weighted by Gasteiger charge is 2.43. The smallest absolute Gasteiger partial charge is 0.323 e. The Balaban J connectivity index is 1.89. The van der Waals surface area contributed by atoms with Gasteiger partial charge in [0, 0.05) is 18.4 Å². The van der Waals surface area contributed by atoms with Crippen molar-refractivity contribution < 1.29 is 9.90 Å². The summed E-state index contributed by atoms with van der Waals surface area (Å²) in [6.07, 6.45) is 5.41. The number of carboxylic acid groups (broad SMARTS) is 1. The number of aliphatic carboxylic acids is 1. The van der Waals surface area contributed by atoms with Gasteiger partial charge in [0.15, 0.2) is 0 Å². The number of carbonyl (C=O) groups is 1. The highest BCUT2D eigenvalue weighted by molar-refractivity contribution is 7.13. The highest BCUT2D eigenvalue weighted by Crippen LogP contribution is 2.38. The molecule has 19 heavy (non-hydrogen) atoms. The molecule has 0 aliphatic heterocycles. The molecule has 1 aliphatic rings. The molecule has 0 amide bonds. The van der Waals surface area contributed by atoms with Crippen molar-refractivity contribution in [3.8, 4) is 10.7 Å². The fraction of sp³-hybridized carbons (Fsp3) is 0.385. The molecule has 2 atom stereocenters. The summed E-state index contributed by atoms with van der Waals surface area (Å²) in [5.74, 6) is -0.0116. The van der Waals surface area contributed by atoms with Gasteiger partial charge < -0.3 is 15.4 Å². The second-order valence-corrected chi connectivity index (χ2v) is 5.94. The van der Waals surface area contributed by atoms with E-state index in [1.54, 1.807) is 17.5 Å². The molecule has 3 rings (SSSR count). The zero-order chi connectivity index (χ0) is 13.5. The molecule has 0 saturated heterocycles.